The monoisotopic (exact) mass is 477 g/mol. The largest absolute Gasteiger partial charge is 0.333 e. The molecule has 1 atom stereocenters. The second-order valence-electron chi connectivity index (χ2n) is 9.20. The minimum absolute atomic E-state index is 0.335. The molecule has 0 spiro atoms. The zero-order valence-corrected chi connectivity index (χ0v) is 20.2. The number of carbonyl (C=O) groups is 3. The van der Waals surface area contributed by atoms with E-state index in [0.717, 1.165) is 26.8 Å². The highest BCUT2D eigenvalue weighted by molar-refractivity contribution is 6.10. The molecule has 6 heteroatoms. The summed E-state index contributed by atoms with van der Waals surface area (Å²) in [5.41, 5.74) is 1.32. The summed E-state index contributed by atoms with van der Waals surface area (Å²) in [5, 5.41) is 4.70. The zero-order chi connectivity index (χ0) is 25.3. The van der Waals surface area contributed by atoms with Crippen molar-refractivity contribution >= 4 is 28.6 Å². The normalized spacial score (nSPS) is 17.5. The molecule has 1 heterocycles. The summed E-state index contributed by atoms with van der Waals surface area (Å²) in [6.45, 7) is 1.34. The van der Waals surface area contributed by atoms with Gasteiger partial charge in [0.05, 0.1) is 6.04 Å². The van der Waals surface area contributed by atoms with Crippen LogP contribution in [0.1, 0.15) is 29.7 Å². The van der Waals surface area contributed by atoms with Crippen LogP contribution in [0, 0.1) is 0 Å². The van der Waals surface area contributed by atoms with Crippen molar-refractivity contribution in [1.29, 1.82) is 0 Å². The molecule has 1 aliphatic rings. The average Bonchev–Trinajstić information content (AvgIpc) is 3.13. The van der Waals surface area contributed by atoms with Crippen LogP contribution in [0.2, 0.25) is 0 Å². The highest BCUT2D eigenvalue weighted by Gasteiger charge is 2.50. The van der Waals surface area contributed by atoms with Crippen LogP contribution >= 0.6 is 0 Å². The van der Waals surface area contributed by atoms with Gasteiger partial charge in [-0.1, -0.05) is 103 Å². The molecule has 0 bridgehead atoms. The number of carbonyl (C=O) groups excluding carboxylic acids is 3. The van der Waals surface area contributed by atoms with E-state index in [1.54, 1.807) is 18.9 Å². The van der Waals surface area contributed by atoms with E-state index in [2.05, 4.69) is 5.32 Å². The minimum atomic E-state index is -1.27. The fourth-order valence-corrected chi connectivity index (χ4v) is 4.99. The molecule has 0 aromatic heterocycles. The fourth-order valence-electron chi connectivity index (χ4n) is 4.99. The molecule has 36 heavy (non-hydrogen) atoms. The number of nitrogens with zero attached hydrogens (tertiary/aromatic N) is 2. The lowest BCUT2D eigenvalue weighted by Crippen LogP contribution is -2.44. The van der Waals surface area contributed by atoms with E-state index >= 15 is 0 Å². The molecule has 1 unspecified atom stereocenters. The van der Waals surface area contributed by atoms with Crippen molar-refractivity contribution in [3.05, 3.63) is 120 Å². The molecule has 180 valence electrons. The van der Waals surface area contributed by atoms with Gasteiger partial charge >= 0.3 is 6.03 Å². The quantitative estimate of drug-likeness (QED) is 0.404. The van der Waals surface area contributed by atoms with Gasteiger partial charge in [-0.25, -0.2) is 4.79 Å². The van der Waals surface area contributed by atoms with E-state index in [1.807, 2.05) is 103 Å². The first kappa shape index (κ1) is 23.3. The van der Waals surface area contributed by atoms with E-state index < -0.39 is 17.5 Å². The van der Waals surface area contributed by atoms with Crippen LogP contribution in [0.5, 0.6) is 0 Å². The fraction of sp³-hybridized carbons (Fsp3) is 0.167. The van der Waals surface area contributed by atoms with E-state index in [1.165, 1.54) is 0 Å². The Balaban J connectivity index is 1.43. The number of hydrogen-bond donors (Lipinski definition) is 1. The average molecular weight is 478 g/mol. The predicted molar refractivity (Wildman–Crippen MR) is 139 cm³/mol. The summed E-state index contributed by atoms with van der Waals surface area (Å²) in [4.78, 5) is 42.7. The van der Waals surface area contributed by atoms with Crippen molar-refractivity contribution in [2.75, 3.05) is 13.6 Å². The molecule has 5 rings (SSSR count). The Morgan fingerprint density at radius 1 is 0.833 bits per heavy atom. The van der Waals surface area contributed by atoms with Gasteiger partial charge in [0.2, 0.25) is 5.91 Å². The van der Waals surface area contributed by atoms with Crippen molar-refractivity contribution in [3.8, 4) is 0 Å². The standard InChI is InChI=1S/C30H27N3O3/c1-30(25-19-11-17-21-12-9-10-18-24(21)25)28(35)33(29(36)31-30)20-26(34)32(2)27(22-13-5-3-6-14-22)23-15-7-4-8-16-23/h3-19,27H,20H2,1-2H3,(H,31,36). The lowest BCUT2D eigenvalue weighted by atomic mass is 9.88. The van der Waals surface area contributed by atoms with Gasteiger partial charge in [0.25, 0.3) is 5.91 Å². The topological polar surface area (TPSA) is 69.7 Å². The maximum atomic E-state index is 13.6. The molecule has 1 saturated heterocycles. The number of amides is 4. The molecule has 1 N–H and O–H groups in total. The lowest BCUT2D eigenvalue weighted by molar-refractivity contribution is -0.139. The van der Waals surface area contributed by atoms with Gasteiger partial charge in [-0.15, -0.1) is 0 Å². The molecular weight excluding hydrogens is 450 g/mol. The zero-order valence-electron chi connectivity index (χ0n) is 20.2. The highest BCUT2D eigenvalue weighted by Crippen LogP contribution is 2.34. The summed E-state index contributed by atoms with van der Waals surface area (Å²) in [5.74, 6) is -0.778. The summed E-state index contributed by atoms with van der Waals surface area (Å²) >= 11 is 0. The summed E-state index contributed by atoms with van der Waals surface area (Å²) < 4.78 is 0. The lowest BCUT2D eigenvalue weighted by Gasteiger charge is -2.30. The molecule has 1 fully saturated rings. The number of benzene rings is 4. The van der Waals surface area contributed by atoms with E-state index in [-0.39, 0.29) is 18.5 Å². The third kappa shape index (κ3) is 4.01. The maximum Gasteiger partial charge on any atom is 0.325 e. The summed E-state index contributed by atoms with van der Waals surface area (Å²) in [6, 6.07) is 31.9. The Kier molecular flexibility index (Phi) is 6.02. The van der Waals surface area contributed by atoms with Gasteiger partial charge in [-0.05, 0) is 34.4 Å². The number of hydrogen-bond acceptors (Lipinski definition) is 3. The molecule has 4 aromatic carbocycles. The third-order valence-corrected chi connectivity index (χ3v) is 6.91. The van der Waals surface area contributed by atoms with Gasteiger partial charge in [-0.2, -0.15) is 0 Å². The Labute approximate surface area is 210 Å². The number of urea groups is 1. The second-order valence-corrected chi connectivity index (χ2v) is 9.20. The van der Waals surface area contributed by atoms with Crippen LogP contribution in [-0.4, -0.2) is 41.2 Å². The molecule has 1 aliphatic heterocycles. The van der Waals surface area contributed by atoms with Crippen LogP contribution in [0.4, 0.5) is 4.79 Å². The van der Waals surface area contributed by atoms with Crippen molar-refractivity contribution in [2.45, 2.75) is 18.5 Å². The Morgan fingerprint density at radius 3 is 2.03 bits per heavy atom. The molecule has 6 nitrogen and oxygen atoms in total. The first-order valence-corrected chi connectivity index (χ1v) is 11.9. The summed E-state index contributed by atoms with van der Waals surface area (Å²) in [6.07, 6.45) is 0. The molecule has 4 amide bonds. The molecule has 0 aliphatic carbocycles. The SMILES string of the molecule is CN(C(=O)CN1C(=O)NC(C)(c2cccc3ccccc23)C1=O)C(c1ccccc1)c1ccccc1. The van der Waals surface area contributed by atoms with E-state index in [4.69, 9.17) is 0 Å². The summed E-state index contributed by atoms with van der Waals surface area (Å²) in [7, 11) is 1.70. The molecular formula is C30H27N3O3. The van der Waals surface area contributed by atoms with Crippen molar-refractivity contribution < 1.29 is 14.4 Å². The number of rotatable bonds is 6. The van der Waals surface area contributed by atoms with Crippen LogP contribution in [-0.2, 0) is 15.1 Å². The number of fused-ring (bicyclic) bond motifs is 1. The number of nitrogens with one attached hydrogen (secondary N) is 1. The Morgan fingerprint density at radius 2 is 1.39 bits per heavy atom. The first-order chi connectivity index (χ1) is 17.4. The molecule has 0 saturated carbocycles. The van der Waals surface area contributed by atoms with Gasteiger partial charge in [-0.3, -0.25) is 14.5 Å². The van der Waals surface area contributed by atoms with E-state index in [0.29, 0.717) is 5.56 Å². The first-order valence-electron chi connectivity index (χ1n) is 11.9. The number of imide groups is 1. The third-order valence-electron chi connectivity index (χ3n) is 6.91. The smallest absolute Gasteiger partial charge is 0.325 e. The van der Waals surface area contributed by atoms with Crippen LogP contribution < -0.4 is 5.32 Å². The predicted octanol–water partition coefficient (Wildman–Crippen LogP) is 4.85. The highest BCUT2D eigenvalue weighted by atomic mass is 16.2. The number of likely N-dealkylation sites (N-methyl/N-ethyl adjacent to an activating group) is 1. The molecule has 4 aromatic rings. The Bertz CT molecular complexity index is 1390. The van der Waals surface area contributed by atoms with Crippen LogP contribution in [0.15, 0.2) is 103 Å². The van der Waals surface area contributed by atoms with Gasteiger partial charge in [0, 0.05) is 7.05 Å². The van der Waals surface area contributed by atoms with Gasteiger partial charge < -0.3 is 10.2 Å². The van der Waals surface area contributed by atoms with Crippen LogP contribution in [0.3, 0.4) is 0 Å². The van der Waals surface area contributed by atoms with E-state index in [9.17, 15) is 14.4 Å². The van der Waals surface area contributed by atoms with Crippen molar-refractivity contribution in [3.63, 3.8) is 0 Å². The van der Waals surface area contributed by atoms with Gasteiger partial charge in [0.15, 0.2) is 0 Å². The Hall–Kier alpha value is -4.45. The van der Waals surface area contributed by atoms with Crippen molar-refractivity contribution in [2.24, 2.45) is 0 Å². The second kappa shape index (κ2) is 9.30. The minimum Gasteiger partial charge on any atom is -0.333 e. The van der Waals surface area contributed by atoms with Crippen LogP contribution in [0.25, 0.3) is 10.8 Å². The van der Waals surface area contributed by atoms with Crippen molar-refractivity contribution in [1.82, 2.24) is 15.1 Å². The van der Waals surface area contributed by atoms with Gasteiger partial charge in [0.1, 0.15) is 12.1 Å². The maximum absolute atomic E-state index is 13.6. The molecule has 0 radical (unpaired) electrons.